The van der Waals surface area contributed by atoms with E-state index in [9.17, 15) is 9.18 Å². The lowest BCUT2D eigenvalue weighted by Gasteiger charge is -2.09. The van der Waals surface area contributed by atoms with Crippen LogP contribution in [0.25, 0.3) is 22.3 Å². The van der Waals surface area contributed by atoms with Crippen LogP contribution in [0.1, 0.15) is 28.4 Å². The Hall–Kier alpha value is -3.72. The number of fused-ring (bicyclic) bond motifs is 1. The SMILES string of the molecule is Nc1ncnc2c1c(-c1ccc(C(=O)c3ccc(F)cc3)cc1F)nn2[C@@H]1CCNC1. The van der Waals surface area contributed by atoms with E-state index >= 15 is 4.39 Å². The summed E-state index contributed by atoms with van der Waals surface area (Å²) in [5, 5.41) is 8.39. The van der Waals surface area contributed by atoms with E-state index in [4.69, 9.17) is 5.73 Å². The van der Waals surface area contributed by atoms with Crippen LogP contribution in [0.3, 0.4) is 0 Å². The zero-order valence-corrected chi connectivity index (χ0v) is 16.3. The molecule has 0 radical (unpaired) electrons. The fourth-order valence-electron chi connectivity index (χ4n) is 3.90. The Morgan fingerprint density at radius 2 is 1.87 bits per heavy atom. The van der Waals surface area contributed by atoms with Gasteiger partial charge in [0.1, 0.15) is 29.5 Å². The molecule has 0 spiro atoms. The number of carbonyl (C=O) groups excluding carboxylic acids is 1. The van der Waals surface area contributed by atoms with Crippen molar-refractivity contribution in [3.8, 4) is 11.3 Å². The molecule has 31 heavy (non-hydrogen) atoms. The lowest BCUT2D eigenvalue weighted by molar-refractivity contribution is 0.103. The van der Waals surface area contributed by atoms with Crippen molar-refractivity contribution < 1.29 is 13.6 Å². The van der Waals surface area contributed by atoms with Crippen LogP contribution in [0, 0.1) is 11.6 Å². The molecule has 2 aromatic heterocycles. The summed E-state index contributed by atoms with van der Waals surface area (Å²) >= 11 is 0. The number of anilines is 1. The Bertz CT molecular complexity index is 1300. The van der Waals surface area contributed by atoms with Crippen LogP contribution in [0.15, 0.2) is 48.8 Å². The van der Waals surface area contributed by atoms with Crippen molar-refractivity contribution in [2.45, 2.75) is 12.5 Å². The number of hydrogen-bond acceptors (Lipinski definition) is 6. The van der Waals surface area contributed by atoms with Crippen LogP contribution < -0.4 is 11.1 Å². The number of hydrogen-bond donors (Lipinski definition) is 2. The van der Waals surface area contributed by atoms with Gasteiger partial charge in [0.05, 0.1) is 11.4 Å². The average molecular weight is 420 g/mol. The second kappa shape index (κ2) is 7.51. The number of nitrogens with two attached hydrogens (primary N) is 1. The van der Waals surface area contributed by atoms with E-state index < -0.39 is 17.4 Å². The monoisotopic (exact) mass is 420 g/mol. The third kappa shape index (κ3) is 3.32. The molecule has 5 rings (SSSR count). The van der Waals surface area contributed by atoms with Gasteiger partial charge < -0.3 is 11.1 Å². The van der Waals surface area contributed by atoms with Gasteiger partial charge in [-0.25, -0.2) is 23.4 Å². The topological polar surface area (TPSA) is 98.7 Å². The number of nitrogens with zero attached hydrogens (tertiary/aromatic N) is 4. The summed E-state index contributed by atoms with van der Waals surface area (Å²) in [4.78, 5) is 21.0. The van der Waals surface area contributed by atoms with Gasteiger partial charge in [-0.1, -0.05) is 6.07 Å². The lowest BCUT2D eigenvalue weighted by atomic mass is 10.00. The first-order chi connectivity index (χ1) is 15.0. The van der Waals surface area contributed by atoms with Gasteiger partial charge in [0, 0.05) is 23.2 Å². The predicted molar refractivity (Wildman–Crippen MR) is 111 cm³/mol. The molecular formula is C22H18F2N6O. The van der Waals surface area contributed by atoms with Crippen LogP contribution >= 0.6 is 0 Å². The fourth-order valence-corrected chi connectivity index (χ4v) is 3.90. The second-order valence-electron chi connectivity index (χ2n) is 7.43. The number of nitrogens with one attached hydrogen (secondary N) is 1. The van der Waals surface area contributed by atoms with Gasteiger partial charge >= 0.3 is 0 Å². The molecule has 0 amide bonds. The van der Waals surface area contributed by atoms with Gasteiger partial charge in [-0.15, -0.1) is 0 Å². The second-order valence-corrected chi connectivity index (χ2v) is 7.43. The first kappa shape index (κ1) is 19.3. The predicted octanol–water partition coefficient (Wildman–Crippen LogP) is 3.12. The number of aromatic nitrogens is 4. The van der Waals surface area contributed by atoms with Crippen molar-refractivity contribution in [2.24, 2.45) is 0 Å². The molecule has 7 nitrogen and oxygen atoms in total. The molecule has 9 heteroatoms. The normalized spacial score (nSPS) is 16.1. The number of nitrogen functional groups attached to an aromatic ring is 1. The summed E-state index contributed by atoms with van der Waals surface area (Å²) in [5.74, 6) is -1.26. The van der Waals surface area contributed by atoms with Crippen LogP contribution in [-0.4, -0.2) is 38.6 Å². The molecule has 1 aliphatic heterocycles. The number of ketones is 1. The molecule has 4 aromatic rings. The van der Waals surface area contributed by atoms with Gasteiger partial charge in [0.15, 0.2) is 11.4 Å². The molecule has 0 unspecified atom stereocenters. The van der Waals surface area contributed by atoms with E-state index in [1.165, 1.54) is 42.7 Å². The standard InChI is InChI=1S/C22H18F2N6O/c23-14-4-1-12(2-5-14)20(31)13-3-6-16(17(24)9-13)19-18-21(25)27-11-28-22(18)30(29-19)15-7-8-26-10-15/h1-6,9,11,15,26H,7-8,10H2,(H2,25,27,28)/t15-/m1/s1. The molecule has 3 N–H and O–H groups in total. The molecular weight excluding hydrogens is 402 g/mol. The highest BCUT2D eigenvalue weighted by atomic mass is 19.1. The quantitative estimate of drug-likeness (QED) is 0.492. The Morgan fingerprint density at radius 3 is 2.58 bits per heavy atom. The van der Waals surface area contributed by atoms with Crippen molar-refractivity contribution >= 4 is 22.6 Å². The third-order valence-corrected chi connectivity index (χ3v) is 5.49. The third-order valence-electron chi connectivity index (χ3n) is 5.49. The number of halogens is 2. The summed E-state index contributed by atoms with van der Waals surface area (Å²) in [5.41, 5.74) is 7.60. The van der Waals surface area contributed by atoms with Crippen molar-refractivity contribution in [3.63, 3.8) is 0 Å². The molecule has 1 aliphatic rings. The van der Waals surface area contributed by atoms with Crippen LogP contribution in [-0.2, 0) is 0 Å². The minimum Gasteiger partial charge on any atom is -0.383 e. The maximum atomic E-state index is 15.2. The zero-order valence-electron chi connectivity index (χ0n) is 16.3. The Kier molecular flexibility index (Phi) is 4.67. The van der Waals surface area contributed by atoms with Gasteiger partial charge in [-0.05, 0) is 49.4 Å². The molecule has 1 fully saturated rings. The number of rotatable bonds is 4. The summed E-state index contributed by atoms with van der Waals surface area (Å²) in [7, 11) is 0. The fraction of sp³-hybridized carbons (Fsp3) is 0.182. The number of carbonyl (C=O) groups is 1. The largest absolute Gasteiger partial charge is 0.383 e. The lowest BCUT2D eigenvalue weighted by Crippen LogP contribution is -2.15. The Morgan fingerprint density at radius 1 is 1.10 bits per heavy atom. The average Bonchev–Trinajstić information content (AvgIpc) is 3.42. The van der Waals surface area contributed by atoms with E-state index in [1.807, 2.05) is 0 Å². The van der Waals surface area contributed by atoms with E-state index in [0.717, 1.165) is 25.6 Å². The van der Waals surface area contributed by atoms with Crippen LogP contribution in [0.2, 0.25) is 0 Å². The van der Waals surface area contributed by atoms with Gasteiger partial charge in [0.2, 0.25) is 0 Å². The Labute approximate surface area is 175 Å². The Balaban J connectivity index is 1.59. The summed E-state index contributed by atoms with van der Waals surface area (Å²) < 4.78 is 30.1. The molecule has 0 saturated carbocycles. The van der Waals surface area contributed by atoms with Gasteiger partial charge in [0.25, 0.3) is 0 Å². The minimum atomic E-state index is -0.618. The summed E-state index contributed by atoms with van der Waals surface area (Å²) in [6, 6.07) is 9.37. The van der Waals surface area contributed by atoms with Crippen molar-refractivity contribution in [1.29, 1.82) is 0 Å². The molecule has 2 aromatic carbocycles. The highest BCUT2D eigenvalue weighted by molar-refractivity contribution is 6.09. The maximum absolute atomic E-state index is 15.2. The van der Waals surface area contributed by atoms with Crippen LogP contribution in [0.4, 0.5) is 14.6 Å². The first-order valence-electron chi connectivity index (χ1n) is 9.82. The van der Waals surface area contributed by atoms with Crippen molar-refractivity contribution in [2.75, 3.05) is 18.8 Å². The molecule has 1 atom stereocenters. The van der Waals surface area contributed by atoms with E-state index in [0.29, 0.717) is 16.7 Å². The number of benzene rings is 2. The van der Waals surface area contributed by atoms with Crippen LogP contribution in [0.5, 0.6) is 0 Å². The first-order valence-corrected chi connectivity index (χ1v) is 9.82. The van der Waals surface area contributed by atoms with Crippen molar-refractivity contribution in [3.05, 3.63) is 71.6 Å². The van der Waals surface area contributed by atoms with E-state index in [1.54, 1.807) is 4.68 Å². The molecule has 0 aliphatic carbocycles. The molecule has 0 bridgehead atoms. The van der Waals surface area contributed by atoms with E-state index in [2.05, 4.69) is 20.4 Å². The van der Waals surface area contributed by atoms with Gasteiger partial charge in [-0.2, -0.15) is 5.10 Å². The highest BCUT2D eigenvalue weighted by Gasteiger charge is 2.26. The summed E-state index contributed by atoms with van der Waals surface area (Å²) in [6.45, 7) is 1.59. The molecule has 1 saturated heterocycles. The maximum Gasteiger partial charge on any atom is 0.193 e. The van der Waals surface area contributed by atoms with Crippen molar-refractivity contribution in [1.82, 2.24) is 25.1 Å². The highest BCUT2D eigenvalue weighted by Crippen LogP contribution is 2.34. The molecule has 3 heterocycles. The minimum absolute atomic E-state index is 0.0768. The van der Waals surface area contributed by atoms with Gasteiger partial charge in [-0.3, -0.25) is 4.79 Å². The molecule has 156 valence electrons. The zero-order chi connectivity index (χ0) is 21.5. The smallest absolute Gasteiger partial charge is 0.193 e. The van der Waals surface area contributed by atoms with E-state index in [-0.39, 0.29) is 28.6 Å². The summed E-state index contributed by atoms with van der Waals surface area (Å²) in [6.07, 6.45) is 2.23.